The average molecular weight is 829 g/mol. The molecule has 2 saturated carbocycles. The highest BCUT2D eigenvalue weighted by Gasteiger charge is 2.38. The Kier molecular flexibility index (Phi) is 6.83. The monoisotopic (exact) mass is 828 g/mol. The fraction of sp³-hybridized carbons (Fsp3) is 0.267. The van der Waals surface area contributed by atoms with Crippen molar-refractivity contribution in [2.45, 2.75) is 90.9 Å². The maximum Gasteiger partial charge on any atom is 0.166 e. The van der Waals surface area contributed by atoms with Crippen LogP contribution in [0.5, 0.6) is 0 Å². The summed E-state index contributed by atoms with van der Waals surface area (Å²) in [5, 5.41) is 10.2. The predicted molar refractivity (Wildman–Crippen MR) is 264 cm³/mol. The number of hydrogen-bond acceptors (Lipinski definition) is 2. The molecule has 64 heavy (non-hydrogen) atoms. The molecule has 0 saturated heterocycles. The molecule has 4 aromatic heterocycles. The Bertz CT molecular complexity index is 3660. The molecule has 17 rings (SSSR count). The van der Waals surface area contributed by atoms with Crippen molar-refractivity contribution in [3.63, 3.8) is 0 Å². The van der Waals surface area contributed by atoms with E-state index in [1.807, 2.05) is 0 Å². The van der Waals surface area contributed by atoms with Crippen LogP contribution in [0, 0.1) is 39.5 Å². The van der Waals surface area contributed by atoms with Crippen LogP contribution in [0.15, 0.2) is 97.1 Å². The molecule has 0 amide bonds. The van der Waals surface area contributed by atoms with E-state index in [1.165, 1.54) is 121 Å². The van der Waals surface area contributed by atoms with Crippen LogP contribution in [0.3, 0.4) is 0 Å². The number of hydrogen-bond donors (Lipinski definition) is 0. The summed E-state index contributed by atoms with van der Waals surface area (Å²) in [5.41, 5.74) is 21.9. The second kappa shape index (κ2) is 12.2. The Morgan fingerprint density at radius 2 is 0.703 bits per heavy atom. The summed E-state index contributed by atoms with van der Waals surface area (Å²) in [6, 6.07) is 36.4. The van der Waals surface area contributed by atoms with Crippen LogP contribution in [-0.4, -0.2) is 20.4 Å². The molecular weight excluding hydrogens is 781 g/mol. The quantitative estimate of drug-likeness (QED) is 0.174. The highest BCUT2D eigenvalue weighted by molar-refractivity contribution is 6.32. The minimum Gasteiger partial charge on any atom is -0.308 e. The van der Waals surface area contributed by atoms with Gasteiger partial charge in [0.2, 0.25) is 0 Å². The molecule has 6 aliphatic carbocycles. The lowest BCUT2D eigenvalue weighted by Gasteiger charge is -2.22. The van der Waals surface area contributed by atoms with Gasteiger partial charge >= 0.3 is 0 Å². The number of nitrogens with zero attached hydrogens (tertiary/aromatic N) is 2. The number of benzene rings is 7. The van der Waals surface area contributed by atoms with Crippen LogP contribution in [0.2, 0.25) is 0 Å². The standard InChI is InChI=1S/C60H48N2O2/c1-29-51(35-11-7-5-8-12-35)31(3)55-45-27-50-46(28-49(45)61-47-25-41-39(23-43(47)53(29)57(55)61)33-15-19-37(20-16-33)59(41)63)56-32(4)52(36-13-9-6-10-14-36)30(2)54-44-24-40-34-17-21-38(22-18-34)60(64)42(40)26-48(44)62(50)58(54)56/h5-14,23-28,33-34,37-38H,15-22H2,1-4H3. The van der Waals surface area contributed by atoms with Crippen LogP contribution in [0.1, 0.15) is 117 Å². The van der Waals surface area contributed by atoms with E-state index < -0.39 is 0 Å². The summed E-state index contributed by atoms with van der Waals surface area (Å²) < 4.78 is 5.09. The SMILES string of the molecule is Cc1c(-c2ccccc2)c(C)c2c3cc4c(cc3n3c5cc6c(cc5c1c23)C1CCC(CC1)C6=O)c1c(C)c(-c2ccccc2)c(C)c2c3cc5c(cc3n4c21)C(=O)C1CCC5CC1. The van der Waals surface area contributed by atoms with Gasteiger partial charge in [-0.05, 0) is 183 Å². The number of aryl methyl sites for hydroxylation is 4. The van der Waals surface area contributed by atoms with Gasteiger partial charge in [0.05, 0.1) is 33.1 Å². The minimum atomic E-state index is 0.133. The second-order valence-electron chi connectivity index (χ2n) is 20.5. The van der Waals surface area contributed by atoms with Gasteiger partial charge in [0, 0.05) is 66.1 Å². The lowest BCUT2D eigenvalue weighted by molar-refractivity contribution is 0.0891. The zero-order valence-corrected chi connectivity index (χ0v) is 36.9. The summed E-state index contributed by atoms with van der Waals surface area (Å²) in [6.45, 7) is 9.32. The van der Waals surface area contributed by atoms with Gasteiger partial charge in [-0.25, -0.2) is 0 Å². The van der Waals surface area contributed by atoms with Gasteiger partial charge in [0.1, 0.15) is 0 Å². The first kappa shape index (κ1) is 35.9. The molecule has 0 spiro atoms. The van der Waals surface area contributed by atoms with Crippen LogP contribution in [-0.2, 0) is 0 Å². The number of rotatable bonds is 2. The molecule has 0 N–H and O–H groups in total. The minimum absolute atomic E-state index is 0.133. The molecule has 4 bridgehead atoms. The molecule has 4 nitrogen and oxygen atoms in total. The number of carbonyl (C=O) groups is 2. The third kappa shape index (κ3) is 4.22. The summed E-state index contributed by atoms with van der Waals surface area (Å²) in [4.78, 5) is 28.8. The highest BCUT2D eigenvalue weighted by atomic mass is 16.1. The molecule has 310 valence electrons. The average Bonchev–Trinajstić information content (AvgIpc) is 3.95. The highest BCUT2D eigenvalue weighted by Crippen LogP contribution is 2.54. The van der Waals surface area contributed by atoms with E-state index in [2.05, 4.69) is 134 Å². The van der Waals surface area contributed by atoms with Crippen molar-refractivity contribution >= 4 is 87.8 Å². The summed E-state index contributed by atoms with van der Waals surface area (Å²) >= 11 is 0. The Labute approximate surface area is 371 Å². The first-order valence-corrected chi connectivity index (χ1v) is 24.0. The van der Waals surface area contributed by atoms with Gasteiger partial charge in [-0.3, -0.25) is 9.59 Å². The topological polar surface area (TPSA) is 43.0 Å². The molecule has 0 atom stereocenters. The van der Waals surface area contributed by atoms with Crippen molar-refractivity contribution in [2.75, 3.05) is 0 Å². The second-order valence-corrected chi connectivity index (χ2v) is 20.5. The van der Waals surface area contributed by atoms with E-state index in [0.717, 1.165) is 73.5 Å². The maximum atomic E-state index is 14.4. The fourth-order valence-electron chi connectivity index (χ4n) is 14.8. The van der Waals surface area contributed by atoms with Gasteiger partial charge in [0.25, 0.3) is 0 Å². The molecule has 7 aromatic carbocycles. The lowest BCUT2D eigenvalue weighted by Crippen LogP contribution is -2.15. The van der Waals surface area contributed by atoms with Gasteiger partial charge in [-0.2, -0.15) is 0 Å². The Morgan fingerprint density at radius 1 is 0.391 bits per heavy atom. The smallest absolute Gasteiger partial charge is 0.166 e. The zero-order chi connectivity index (χ0) is 42.6. The van der Waals surface area contributed by atoms with E-state index in [1.54, 1.807) is 0 Å². The van der Waals surface area contributed by atoms with Crippen molar-refractivity contribution in [1.82, 2.24) is 8.80 Å². The molecule has 2 fully saturated rings. The number of ketones is 2. The summed E-state index contributed by atoms with van der Waals surface area (Å²) in [7, 11) is 0. The van der Waals surface area contributed by atoms with Crippen molar-refractivity contribution in [3.05, 3.63) is 142 Å². The first-order valence-electron chi connectivity index (χ1n) is 24.0. The Morgan fingerprint density at radius 3 is 1.06 bits per heavy atom. The number of Topliss-reactive ketones (excluding diaryl/α,β-unsaturated/α-hetero) is 2. The predicted octanol–water partition coefficient (Wildman–Crippen LogP) is 15.5. The third-order valence-electron chi connectivity index (χ3n) is 17.6. The third-order valence-corrected chi connectivity index (χ3v) is 17.6. The summed E-state index contributed by atoms with van der Waals surface area (Å²) in [5.74, 6) is 1.84. The number of aromatic nitrogens is 2. The van der Waals surface area contributed by atoms with Crippen LogP contribution in [0.4, 0.5) is 0 Å². The van der Waals surface area contributed by atoms with Gasteiger partial charge in [-0.1, -0.05) is 60.7 Å². The number of carbonyl (C=O) groups excluding carboxylic acids is 2. The van der Waals surface area contributed by atoms with E-state index in [0.29, 0.717) is 23.4 Å². The van der Waals surface area contributed by atoms with Gasteiger partial charge in [-0.15, -0.1) is 0 Å². The molecule has 0 aliphatic heterocycles. The van der Waals surface area contributed by atoms with Crippen LogP contribution in [0.25, 0.3) is 98.4 Å². The first-order chi connectivity index (χ1) is 31.3. The zero-order valence-electron chi connectivity index (χ0n) is 36.9. The van der Waals surface area contributed by atoms with Crippen LogP contribution >= 0.6 is 0 Å². The molecule has 4 heterocycles. The largest absolute Gasteiger partial charge is 0.308 e. The van der Waals surface area contributed by atoms with E-state index in [9.17, 15) is 9.59 Å². The molecule has 6 aliphatic rings. The van der Waals surface area contributed by atoms with E-state index in [-0.39, 0.29) is 11.8 Å². The fourth-order valence-corrected chi connectivity index (χ4v) is 14.8. The molecule has 0 radical (unpaired) electrons. The van der Waals surface area contributed by atoms with Crippen molar-refractivity contribution in [2.24, 2.45) is 11.8 Å². The van der Waals surface area contributed by atoms with E-state index in [4.69, 9.17) is 0 Å². The van der Waals surface area contributed by atoms with Crippen molar-refractivity contribution in [1.29, 1.82) is 0 Å². The van der Waals surface area contributed by atoms with Gasteiger partial charge < -0.3 is 8.80 Å². The lowest BCUT2D eigenvalue weighted by atomic mass is 9.82. The van der Waals surface area contributed by atoms with E-state index >= 15 is 0 Å². The summed E-state index contributed by atoms with van der Waals surface area (Å²) in [6.07, 6.45) is 8.41. The Balaban J connectivity index is 1.16. The molecule has 11 aromatic rings. The van der Waals surface area contributed by atoms with Crippen LogP contribution < -0.4 is 0 Å². The molecule has 0 unspecified atom stereocenters. The van der Waals surface area contributed by atoms with Crippen molar-refractivity contribution in [3.8, 4) is 22.3 Å². The van der Waals surface area contributed by atoms with Crippen molar-refractivity contribution < 1.29 is 9.59 Å². The molecular formula is C60H48N2O2. The Hall–Kier alpha value is -6.52. The molecule has 4 heteroatoms. The maximum absolute atomic E-state index is 14.4. The van der Waals surface area contributed by atoms with Gasteiger partial charge in [0.15, 0.2) is 11.6 Å². The number of fused-ring (bicyclic) bond motifs is 16. The normalized spacial score (nSPS) is 21.0.